The minimum atomic E-state index is -0.773. The van der Waals surface area contributed by atoms with Crippen molar-refractivity contribution in [3.05, 3.63) is 29.8 Å². The van der Waals surface area contributed by atoms with Gasteiger partial charge in [-0.2, -0.15) is 0 Å². The third-order valence-corrected chi connectivity index (χ3v) is 3.44. The zero-order chi connectivity index (χ0) is 15.6. The van der Waals surface area contributed by atoms with E-state index in [0.717, 1.165) is 18.2 Å². The summed E-state index contributed by atoms with van der Waals surface area (Å²) < 4.78 is 26.4. The maximum atomic E-state index is 13.2. The highest BCUT2D eigenvalue weighted by Crippen LogP contribution is 2.27. The van der Waals surface area contributed by atoms with Crippen LogP contribution in [0, 0.1) is 17.6 Å². The lowest BCUT2D eigenvalue weighted by Gasteiger charge is -2.20. The van der Waals surface area contributed by atoms with E-state index in [0.29, 0.717) is 0 Å². The fourth-order valence-corrected chi connectivity index (χ4v) is 2.39. The molecule has 2 rings (SSSR count). The Hall–Kier alpha value is -2.02. The molecule has 1 N–H and O–H groups in total. The predicted octanol–water partition coefficient (Wildman–Crippen LogP) is 0.768. The molecule has 5 nitrogen and oxygen atoms in total. The Morgan fingerprint density at radius 1 is 1.38 bits per heavy atom. The molecular formula is C14H16F2N2O3. The summed E-state index contributed by atoms with van der Waals surface area (Å²) >= 11 is 0. The number of aliphatic hydroxyl groups excluding tert-OH is 1. The van der Waals surface area contributed by atoms with Gasteiger partial charge in [-0.15, -0.1) is 0 Å². The molecule has 0 saturated carbocycles. The highest BCUT2D eigenvalue weighted by atomic mass is 19.1. The third-order valence-electron chi connectivity index (χ3n) is 3.44. The molecule has 0 aromatic heterocycles. The van der Waals surface area contributed by atoms with Crippen LogP contribution in [0.3, 0.4) is 0 Å². The van der Waals surface area contributed by atoms with Gasteiger partial charge in [0.2, 0.25) is 11.8 Å². The fraction of sp³-hybridized carbons (Fsp3) is 0.429. The van der Waals surface area contributed by atoms with Crippen molar-refractivity contribution in [1.82, 2.24) is 4.90 Å². The smallest absolute Gasteiger partial charge is 0.227 e. The number of carbonyl (C=O) groups excluding carboxylic acids is 2. The van der Waals surface area contributed by atoms with Crippen molar-refractivity contribution >= 4 is 17.5 Å². The average Bonchev–Trinajstić information content (AvgIpc) is 2.79. The molecule has 1 aromatic carbocycles. The molecule has 1 aliphatic rings. The number of nitrogens with zero attached hydrogens (tertiary/aromatic N) is 2. The van der Waals surface area contributed by atoms with E-state index in [2.05, 4.69) is 0 Å². The van der Waals surface area contributed by atoms with Gasteiger partial charge in [-0.05, 0) is 12.1 Å². The maximum Gasteiger partial charge on any atom is 0.227 e. The van der Waals surface area contributed by atoms with Crippen LogP contribution in [0.2, 0.25) is 0 Å². The Labute approximate surface area is 120 Å². The van der Waals surface area contributed by atoms with Crippen molar-refractivity contribution in [2.24, 2.45) is 5.92 Å². The number of likely N-dealkylation sites (N-methyl/N-ethyl adjacent to an activating group) is 1. The zero-order valence-corrected chi connectivity index (χ0v) is 11.6. The molecule has 0 radical (unpaired) electrons. The fourth-order valence-electron chi connectivity index (χ4n) is 2.39. The van der Waals surface area contributed by atoms with Gasteiger partial charge in [-0.1, -0.05) is 0 Å². The molecule has 1 atom stereocenters. The monoisotopic (exact) mass is 298 g/mol. The number of hydrogen-bond acceptors (Lipinski definition) is 3. The lowest BCUT2D eigenvalue weighted by Crippen LogP contribution is -2.36. The highest BCUT2D eigenvalue weighted by Gasteiger charge is 2.36. The van der Waals surface area contributed by atoms with Crippen LogP contribution in [0.15, 0.2) is 18.2 Å². The van der Waals surface area contributed by atoms with Crippen LogP contribution in [0.1, 0.15) is 6.42 Å². The van der Waals surface area contributed by atoms with Gasteiger partial charge >= 0.3 is 0 Å². The Morgan fingerprint density at radius 3 is 2.57 bits per heavy atom. The lowest BCUT2D eigenvalue weighted by atomic mass is 10.1. The molecule has 7 heteroatoms. The van der Waals surface area contributed by atoms with Gasteiger partial charge in [0.25, 0.3) is 0 Å². The summed E-state index contributed by atoms with van der Waals surface area (Å²) in [5.74, 6) is -2.73. The van der Waals surface area contributed by atoms with E-state index >= 15 is 0 Å². The number of carbonyl (C=O) groups is 2. The van der Waals surface area contributed by atoms with Crippen molar-refractivity contribution in [2.45, 2.75) is 6.42 Å². The third kappa shape index (κ3) is 3.36. The minimum absolute atomic E-state index is 0.00721. The van der Waals surface area contributed by atoms with Crippen LogP contribution < -0.4 is 4.90 Å². The summed E-state index contributed by atoms with van der Waals surface area (Å²) in [6, 6.07) is 2.85. The largest absolute Gasteiger partial charge is 0.395 e. The van der Waals surface area contributed by atoms with Gasteiger partial charge in [0, 0.05) is 38.3 Å². The highest BCUT2D eigenvalue weighted by molar-refractivity contribution is 6.00. The Balaban J connectivity index is 2.14. The molecule has 0 aliphatic carbocycles. The van der Waals surface area contributed by atoms with Gasteiger partial charge in [-0.3, -0.25) is 9.59 Å². The number of amides is 2. The molecule has 2 amide bonds. The lowest BCUT2D eigenvalue weighted by molar-refractivity contribution is -0.134. The summed E-state index contributed by atoms with van der Waals surface area (Å²) in [5.41, 5.74) is 0.109. The number of benzene rings is 1. The van der Waals surface area contributed by atoms with Gasteiger partial charge in [-0.25, -0.2) is 8.78 Å². The van der Waals surface area contributed by atoms with Crippen molar-refractivity contribution in [1.29, 1.82) is 0 Å². The van der Waals surface area contributed by atoms with Gasteiger partial charge in [0.15, 0.2) is 0 Å². The Bertz CT molecular complexity index is 545. The van der Waals surface area contributed by atoms with E-state index in [1.807, 2.05) is 0 Å². The van der Waals surface area contributed by atoms with Crippen LogP contribution in [-0.2, 0) is 9.59 Å². The van der Waals surface area contributed by atoms with Crippen LogP contribution in [0.4, 0.5) is 14.5 Å². The second-order valence-corrected chi connectivity index (χ2v) is 5.02. The van der Waals surface area contributed by atoms with Crippen LogP contribution in [-0.4, -0.2) is 48.6 Å². The van der Waals surface area contributed by atoms with E-state index in [-0.39, 0.29) is 43.6 Å². The summed E-state index contributed by atoms with van der Waals surface area (Å²) in [4.78, 5) is 26.6. The van der Waals surface area contributed by atoms with Gasteiger partial charge < -0.3 is 14.9 Å². The summed E-state index contributed by atoms with van der Waals surface area (Å²) in [5, 5.41) is 8.82. The van der Waals surface area contributed by atoms with Gasteiger partial charge in [0.1, 0.15) is 11.6 Å². The number of hydrogen-bond donors (Lipinski definition) is 1. The first-order valence-electron chi connectivity index (χ1n) is 6.54. The molecule has 1 fully saturated rings. The number of halogens is 2. The Kier molecular flexibility index (Phi) is 4.52. The number of aliphatic hydroxyl groups is 1. The van der Waals surface area contributed by atoms with E-state index in [9.17, 15) is 18.4 Å². The first kappa shape index (κ1) is 15.4. The van der Waals surface area contributed by atoms with Crippen molar-refractivity contribution in [3.8, 4) is 0 Å². The molecule has 1 saturated heterocycles. The normalized spacial score (nSPS) is 18.2. The van der Waals surface area contributed by atoms with Crippen LogP contribution in [0.5, 0.6) is 0 Å². The molecule has 1 heterocycles. The minimum Gasteiger partial charge on any atom is -0.395 e. The SMILES string of the molecule is CN(CCO)C(=O)C1CC(=O)N(c2cc(F)cc(F)c2)C1. The topological polar surface area (TPSA) is 60.9 Å². The maximum absolute atomic E-state index is 13.2. The quantitative estimate of drug-likeness (QED) is 0.893. The molecule has 1 unspecified atom stereocenters. The molecule has 1 aliphatic heterocycles. The van der Waals surface area contributed by atoms with Crippen LogP contribution in [0.25, 0.3) is 0 Å². The zero-order valence-electron chi connectivity index (χ0n) is 11.6. The number of anilines is 1. The molecule has 0 bridgehead atoms. The van der Waals surface area contributed by atoms with Crippen molar-refractivity contribution in [2.75, 3.05) is 31.6 Å². The first-order valence-corrected chi connectivity index (χ1v) is 6.54. The first-order chi connectivity index (χ1) is 9.92. The molecule has 114 valence electrons. The summed E-state index contributed by atoms with van der Waals surface area (Å²) in [7, 11) is 1.54. The molecule has 21 heavy (non-hydrogen) atoms. The van der Waals surface area contributed by atoms with E-state index in [1.165, 1.54) is 16.8 Å². The predicted molar refractivity (Wildman–Crippen MR) is 71.5 cm³/mol. The van der Waals surface area contributed by atoms with Gasteiger partial charge in [0.05, 0.1) is 12.5 Å². The molecule has 1 aromatic rings. The van der Waals surface area contributed by atoms with E-state index < -0.39 is 17.6 Å². The average molecular weight is 298 g/mol. The molecule has 0 spiro atoms. The summed E-state index contributed by atoms with van der Waals surface area (Å²) in [6.07, 6.45) is -0.00721. The summed E-state index contributed by atoms with van der Waals surface area (Å²) in [6.45, 7) is 0.0934. The Morgan fingerprint density at radius 2 is 2.00 bits per heavy atom. The van der Waals surface area contributed by atoms with Crippen LogP contribution >= 0.6 is 0 Å². The van der Waals surface area contributed by atoms with Crippen molar-refractivity contribution in [3.63, 3.8) is 0 Å². The standard InChI is InChI=1S/C14H16F2N2O3/c1-17(2-3-19)14(21)9-4-13(20)18(8-9)12-6-10(15)5-11(16)7-12/h5-7,9,19H,2-4,8H2,1H3. The number of rotatable bonds is 4. The van der Waals surface area contributed by atoms with E-state index in [4.69, 9.17) is 5.11 Å². The van der Waals surface area contributed by atoms with E-state index in [1.54, 1.807) is 0 Å². The second kappa shape index (κ2) is 6.17. The molecular weight excluding hydrogens is 282 g/mol. The second-order valence-electron chi connectivity index (χ2n) is 5.02. The van der Waals surface area contributed by atoms with Crippen molar-refractivity contribution < 1.29 is 23.5 Å².